The molecule has 7 nitrogen and oxygen atoms in total. The Hall–Kier alpha value is -3.36. The van der Waals surface area contributed by atoms with Crippen LogP contribution >= 0.6 is 11.6 Å². The first-order valence-corrected chi connectivity index (χ1v) is 11.4. The van der Waals surface area contributed by atoms with Crippen LogP contribution in [0.15, 0.2) is 71.6 Å². The number of hydrogen-bond donors (Lipinski definition) is 2. The first kappa shape index (κ1) is 23.3. The molecule has 32 heavy (non-hydrogen) atoms. The van der Waals surface area contributed by atoms with Gasteiger partial charge in [-0.3, -0.25) is 14.3 Å². The Balaban J connectivity index is 1.69. The zero-order chi connectivity index (χ0) is 23.3. The molecule has 0 atom stereocenters. The summed E-state index contributed by atoms with van der Waals surface area (Å²) >= 11 is 5.84. The van der Waals surface area contributed by atoms with Crippen molar-refractivity contribution in [2.24, 2.45) is 0 Å². The van der Waals surface area contributed by atoms with Crippen LogP contribution in [0, 0.1) is 6.92 Å². The molecule has 0 saturated heterocycles. The molecule has 0 fully saturated rings. The predicted molar refractivity (Wildman–Crippen MR) is 124 cm³/mol. The molecule has 3 aromatic carbocycles. The Morgan fingerprint density at radius 2 is 1.66 bits per heavy atom. The van der Waals surface area contributed by atoms with Gasteiger partial charge in [0.1, 0.15) is 5.75 Å². The summed E-state index contributed by atoms with van der Waals surface area (Å²) in [5, 5.41) is 3.11. The standard InChI is InChI=1S/C23H21ClN2O5S/c1-15-6-9-20(13-22(15)32(29,30)26-19-10-7-18(24)8-11-19)25-23(28)14-31-21-5-3-4-17(12-21)16(2)27/h3-13,26H,14H2,1-2H3,(H,25,28). The molecule has 166 valence electrons. The molecule has 0 aliphatic heterocycles. The van der Waals surface area contributed by atoms with Gasteiger partial charge in [0.25, 0.3) is 15.9 Å². The van der Waals surface area contributed by atoms with Gasteiger partial charge < -0.3 is 10.1 Å². The fourth-order valence-corrected chi connectivity index (χ4v) is 4.30. The number of carbonyl (C=O) groups excluding carboxylic acids is 2. The van der Waals surface area contributed by atoms with E-state index in [1.165, 1.54) is 13.0 Å². The van der Waals surface area contributed by atoms with Gasteiger partial charge >= 0.3 is 0 Å². The molecule has 0 unspecified atom stereocenters. The number of benzene rings is 3. The molecule has 0 radical (unpaired) electrons. The lowest BCUT2D eigenvalue weighted by atomic mass is 10.1. The lowest BCUT2D eigenvalue weighted by Crippen LogP contribution is -2.21. The monoisotopic (exact) mass is 472 g/mol. The third kappa shape index (κ3) is 6.09. The minimum atomic E-state index is -3.89. The molecule has 0 spiro atoms. The normalized spacial score (nSPS) is 11.0. The van der Waals surface area contributed by atoms with E-state index >= 15 is 0 Å². The fourth-order valence-electron chi connectivity index (χ4n) is 2.85. The van der Waals surface area contributed by atoms with Gasteiger partial charge in [-0.25, -0.2) is 8.42 Å². The Morgan fingerprint density at radius 3 is 2.34 bits per heavy atom. The predicted octanol–water partition coefficient (Wildman–Crippen LogP) is 4.67. The van der Waals surface area contributed by atoms with E-state index in [4.69, 9.17) is 16.3 Å². The highest BCUT2D eigenvalue weighted by atomic mass is 35.5. The van der Waals surface area contributed by atoms with Crippen molar-refractivity contribution in [2.75, 3.05) is 16.6 Å². The number of ether oxygens (including phenoxy) is 1. The molecule has 0 heterocycles. The number of amides is 1. The maximum absolute atomic E-state index is 12.8. The van der Waals surface area contributed by atoms with Crippen LogP contribution in [0.5, 0.6) is 5.75 Å². The van der Waals surface area contributed by atoms with Gasteiger partial charge in [-0.1, -0.05) is 29.8 Å². The van der Waals surface area contributed by atoms with E-state index in [2.05, 4.69) is 10.0 Å². The van der Waals surface area contributed by atoms with E-state index in [-0.39, 0.29) is 17.3 Å². The molecule has 3 aromatic rings. The summed E-state index contributed by atoms with van der Waals surface area (Å²) < 4.78 is 33.6. The van der Waals surface area contributed by atoms with E-state index < -0.39 is 15.9 Å². The van der Waals surface area contributed by atoms with Crippen molar-refractivity contribution in [1.29, 1.82) is 0 Å². The zero-order valence-corrected chi connectivity index (χ0v) is 19.0. The van der Waals surface area contributed by atoms with Crippen molar-refractivity contribution < 1.29 is 22.7 Å². The zero-order valence-electron chi connectivity index (χ0n) is 17.4. The molecular weight excluding hydrogens is 452 g/mol. The van der Waals surface area contributed by atoms with Crippen molar-refractivity contribution in [3.63, 3.8) is 0 Å². The van der Waals surface area contributed by atoms with E-state index in [1.54, 1.807) is 67.6 Å². The summed E-state index contributed by atoms with van der Waals surface area (Å²) in [4.78, 5) is 23.8. The summed E-state index contributed by atoms with van der Waals surface area (Å²) in [5.74, 6) is -0.205. The van der Waals surface area contributed by atoms with Crippen LogP contribution in [0.3, 0.4) is 0 Å². The SMILES string of the molecule is CC(=O)c1cccc(OCC(=O)Nc2ccc(C)c(S(=O)(=O)Nc3ccc(Cl)cc3)c2)c1. The van der Waals surface area contributed by atoms with Gasteiger partial charge in [-0.2, -0.15) is 0 Å². The summed E-state index contributed by atoms with van der Waals surface area (Å²) in [6, 6.07) is 17.3. The first-order valence-electron chi connectivity index (χ1n) is 9.57. The number of nitrogens with one attached hydrogen (secondary N) is 2. The molecular formula is C23H21ClN2O5S. The number of rotatable bonds is 8. The average molecular weight is 473 g/mol. The first-order chi connectivity index (χ1) is 15.1. The van der Waals surface area contributed by atoms with Crippen molar-refractivity contribution in [2.45, 2.75) is 18.7 Å². The number of anilines is 2. The van der Waals surface area contributed by atoms with Crippen molar-refractivity contribution in [1.82, 2.24) is 0 Å². The molecule has 0 saturated carbocycles. The summed E-state index contributed by atoms with van der Waals surface area (Å²) in [6.45, 7) is 2.80. The third-order valence-corrected chi connectivity index (χ3v) is 6.24. The minimum Gasteiger partial charge on any atom is -0.484 e. The van der Waals surface area contributed by atoms with Gasteiger partial charge in [0.05, 0.1) is 4.90 Å². The van der Waals surface area contributed by atoms with E-state index in [0.29, 0.717) is 33.3 Å². The van der Waals surface area contributed by atoms with Crippen molar-refractivity contribution in [3.05, 3.63) is 82.9 Å². The second-order valence-electron chi connectivity index (χ2n) is 7.01. The second kappa shape index (κ2) is 9.84. The third-order valence-electron chi connectivity index (χ3n) is 4.47. The molecule has 0 bridgehead atoms. The van der Waals surface area contributed by atoms with Crippen LogP contribution in [-0.2, 0) is 14.8 Å². The second-order valence-corrected chi connectivity index (χ2v) is 9.10. The van der Waals surface area contributed by atoms with Crippen LogP contribution in [0.1, 0.15) is 22.8 Å². The number of hydrogen-bond acceptors (Lipinski definition) is 5. The number of aryl methyl sites for hydroxylation is 1. The highest BCUT2D eigenvalue weighted by Crippen LogP contribution is 2.24. The molecule has 9 heteroatoms. The molecule has 0 aromatic heterocycles. The topological polar surface area (TPSA) is 102 Å². The van der Waals surface area contributed by atoms with E-state index in [1.807, 2.05) is 0 Å². The van der Waals surface area contributed by atoms with E-state index in [0.717, 1.165) is 0 Å². The largest absolute Gasteiger partial charge is 0.484 e. The van der Waals surface area contributed by atoms with Crippen molar-refractivity contribution in [3.8, 4) is 5.75 Å². The highest BCUT2D eigenvalue weighted by Gasteiger charge is 2.18. The Labute approximate surface area is 191 Å². The Morgan fingerprint density at radius 1 is 0.969 bits per heavy atom. The van der Waals surface area contributed by atoms with Gasteiger partial charge in [0, 0.05) is 22.0 Å². The van der Waals surface area contributed by atoms with Gasteiger partial charge in [0.15, 0.2) is 12.4 Å². The average Bonchev–Trinajstić information content (AvgIpc) is 2.75. The van der Waals surface area contributed by atoms with Crippen molar-refractivity contribution >= 4 is 44.7 Å². The van der Waals surface area contributed by atoms with Gasteiger partial charge in [-0.15, -0.1) is 0 Å². The summed E-state index contributed by atoms with van der Waals surface area (Å²) in [6.07, 6.45) is 0. The number of halogens is 1. The fraction of sp³-hybridized carbons (Fsp3) is 0.130. The molecule has 0 aliphatic carbocycles. The molecule has 2 N–H and O–H groups in total. The molecule has 1 amide bonds. The highest BCUT2D eigenvalue weighted by molar-refractivity contribution is 7.92. The van der Waals surface area contributed by atoms with Crippen LogP contribution in [0.4, 0.5) is 11.4 Å². The number of Topliss-reactive ketones (excluding diaryl/α,β-unsaturated/α-hetero) is 1. The van der Waals surface area contributed by atoms with Gasteiger partial charge in [-0.05, 0) is 67.9 Å². The summed E-state index contributed by atoms with van der Waals surface area (Å²) in [5.41, 5.74) is 1.66. The number of carbonyl (C=O) groups is 2. The number of ketones is 1. The quantitative estimate of drug-likeness (QED) is 0.464. The Bertz CT molecular complexity index is 1260. The maximum atomic E-state index is 12.8. The lowest BCUT2D eigenvalue weighted by molar-refractivity contribution is -0.118. The van der Waals surface area contributed by atoms with Crippen LogP contribution in [0.2, 0.25) is 5.02 Å². The smallest absolute Gasteiger partial charge is 0.262 e. The molecule has 0 aliphatic rings. The molecule has 3 rings (SSSR count). The summed E-state index contributed by atoms with van der Waals surface area (Å²) in [7, 11) is -3.89. The van der Waals surface area contributed by atoms with Gasteiger partial charge in [0.2, 0.25) is 0 Å². The Kier molecular flexibility index (Phi) is 7.17. The van der Waals surface area contributed by atoms with Crippen LogP contribution in [0.25, 0.3) is 0 Å². The minimum absolute atomic E-state index is 0.0281. The van der Waals surface area contributed by atoms with E-state index in [9.17, 15) is 18.0 Å². The van der Waals surface area contributed by atoms with Crippen LogP contribution < -0.4 is 14.8 Å². The number of sulfonamides is 1. The lowest BCUT2D eigenvalue weighted by Gasteiger charge is -2.13. The maximum Gasteiger partial charge on any atom is 0.262 e. The van der Waals surface area contributed by atoms with Crippen LogP contribution in [-0.4, -0.2) is 26.7 Å².